The van der Waals surface area contributed by atoms with Gasteiger partial charge < -0.3 is 5.32 Å². The van der Waals surface area contributed by atoms with E-state index in [1.807, 2.05) is 55.1 Å². The quantitative estimate of drug-likeness (QED) is 0.751. The molecule has 1 heterocycles. The van der Waals surface area contributed by atoms with E-state index in [1.54, 1.807) is 12.1 Å². The maximum Gasteiger partial charge on any atom is 0.243 e. The van der Waals surface area contributed by atoms with E-state index in [-0.39, 0.29) is 5.91 Å². The summed E-state index contributed by atoms with van der Waals surface area (Å²) in [5, 5.41) is 2.94. The summed E-state index contributed by atoms with van der Waals surface area (Å²) in [6, 6.07) is 15.3. The van der Waals surface area contributed by atoms with E-state index >= 15 is 0 Å². The van der Waals surface area contributed by atoms with Crippen LogP contribution < -0.4 is 5.32 Å². The molecule has 1 saturated heterocycles. The monoisotopic (exact) mass is 415 g/mol. The van der Waals surface area contributed by atoms with Gasteiger partial charge in [-0.2, -0.15) is 4.31 Å². The first-order chi connectivity index (χ1) is 13.9. The Kier molecular flexibility index (Phi) is 7.05. The van der Waals surface area contributed by atoms with Crippen LogP contribution in [-0.4, -0.2) is 62.8 Å². The summed E-state index contributed by atoms with van der Waals surface area (Å²) >= 11 is 0. The second kappa shape index (κ2) is 9.52. The van der Waals surface area contributed by atoms with E-state index in [0.717, 1.165) is 17.5 Å². The third-order valence-electron chi connectivity index (χ3n) is 5.39. The molecule has 0 aromatic heterocycles. The van der Waals surface area contributed by atoms with Crippen LogP contribution in [0.15, 0.2) is 53.4 Å². The lowest BCUT2D eigenvalue weighted by molar-refractivity contribution is -0.122. The molecule has 1 N–H and O–H groups in total. The second-order valence-corrected chi connectivity index (χ2v) is 9.45. The van der Waals surface area contributed by atoms with E-state index in [4.69, 9.17) is 0 Å². The van der Waals surface area contributed by atoms with Crippen LogP contribution in [0.2, 0.25) is 0 Å². The van der Waals surface area contributed by atoms with Gasteiger partial charge >= 0.3 is 0 Å². The molecule has 1 aliphatic rings. The summed E-state index contributed by atoms with van der Waals surface area (Å²) < 4.78 is 27.3. The Labute approximate surface area is 173 Å². The standard InChI is InChI=1S/C22H29N3O3S/c1-18-8-9-21(16-19(18)2)29(27,28)25-14-12-24(13-15-25)17-22(26)23-11-10-20-6-4-3-5-7-20/h3-9,16H,10-15,17H2,1-2H3,(H,23,26). The molecule has 0 saturated carbocycles. The van der Waals surface area contributed by atoms with Crippen LogP contribution in [0, 0.1) is 13.8 Å². The number of carbonyl (C=O) groups excluding carboxylic acids is 1. The van der Waals surface area contributed by atoms with E-state index in [0.29, 0.717) is 44.2 Å². The van der Waals surface area contributed by atoms with Crippen LogP contribution in [0.3, 0.4) is 0 Å². The van der Waals surface area contributed by atoms with Crippen molar-refractivity contribution in [3.05, 3.63) is 65.2 Å². The predicted octanol–water partition coefficient (Wildman–Crippen LogP) is 1.97. The number of hydrogen-bond acceptors (Lipinski definition) is 4. The van der Waals surface area contributed by atoms with Gasteiger partial charge in [0.2, 0.25) is 15.9 Å². The summed E-state index contributed by atoms with van der Waals surface area (Å²) in [6.07, 6.45) is 0.800. The number of nitrogens with one attached hydrogen (secondary N) is 1. The summed E-state index contributed by atoms with van der Waals surface area (Å²) in [5.41, 5.74) is 3.24. The number of amides is 1. The molecular formula is C22H29N3O3S. The number of rotatable bonds is 7. The summed E-state index contributed by atoms with van der Waals surface area (Å²) in [6.45, 7) is 6.68. The fourth-order valence-corrected chi connectivity index (χ4v) is 4.91. The average molecular weight is 416 g/mol. The van der Waals surface area contributed by atoms with Gasteiger partial charge in [-0.1, -0.05) is 36.4 Å². The Bertz CT molecular complexity index is 937. The minimum Gasteiger partial charge on any atom is -0.355 e. The molecule has 29 heavy (non-hydrogen) atoms. The molecule has 0 bridgehead atoms. The number of hydrogen-bond donors (Lipinski definition) is 1. The van der Waals surface area contributed by atoms with Gasteiger partial charge in [-0.25, -0.2) is 8.42 Å². The molecule has 0 spiro atoms. The highest BCUT2D eigenvalue weighted by Crippen LogP contribution is 2.20. The molecule has 1 fully saturated rings. The zero-order valence-electron chi connectivity index (χ0n) is 17.1. The number of nitrogens with zero attached hydrogens (tertiary/aromatic N) is 2. The Morgan fingerprint density at radius 1 is 0.966 bits per heavy atom. The van der Waals surface area contributed by atoms with Crippen LogP contribution in [-0.2, 0) is 21.2 Å². The smallest absolute Gasteiger partial charge is 0.243 e. The van der Waals surface area contributed by atoms with Gasteiger partial charge in [-0.3, -0.25) is 9.69 Å². The number of aryl methyl sites for hydroxylation is 2. The lowest BCUT2D eigenvalue weighted by Gasteiger charge is -2.33. The van der Waals surface area contributed by atoms with Gasteiger partial charge in [0.05, 0.1) is 11.4 Å². The van der Waals surface area contributed by atoms with Crippen molar-refractivity contribution in [1.82, 2.24) is 14.5 Å². The Hall–Kier alpha value is -2.22. The van der Waals surface area contributed by atoms with E-state index < -0.39 is 10.0 Å². The average Bonchev–Trinajstić information content (AvgIpc) is 2.71. The Balaban J connectivity index is 1.46. The van der Waals surface area contributed by atoms with Gasteiger partial charge in [0.15, 0.2) is 0 Å². The molecule has 0 atom stereocenters. The highest BCUT2D eigenvalue weighted by Gasteiger charge is 2.29. The minimum absolute atomic E-state index is 0.0219. The molecular weight excluding hydrogens is 386 g/mol. The molecule has 7 heteroatoms. The molecule has 156 valence electrons. The summed E-state index contributed by atoms with van der Waals surface area (Å²) in [4.78, 5) is 14.5. The molecule has 3 rings (SSSR count). The number of sulfonamides is 1. The van der Waals surface area contributed by atoms with Crippen molar-refractivity contribution < 1.29 is 13.2 Å². The first-order valence-electron chi connectivity index (χ1n) is 9.96. The van der Waals surface area contributed by atoms with Crippen molar-refractivity contribution in [2.75, 3.05) is 39.3 Å². The van der Waals surface area contributed by atoms with Gasteiger partial charge in [0.1, 0.15) is 0 Å². The highest BCUT2D eigenvalue weighted by atomic mass is 32.2. The third kappa shape index (κ3) is 5.65. The number of carbonyl (C=O) groups is 1. The van der Waals surface area contributed by atoms with Crippen molar-refractivity contribution in [3.63, 3.8) is 0 Å². The summed E-state index contributed by atoms with van der Waals surface area (Å²) in [7, 11) is -3.49. The van der Waals surface area contributed by atoms with Gasteiger partial charge in [-0.05, 0) is 49.1 Å². The zero-order valence-corrected chi connectivity index (χ0v) is 17.9. The lowest BCUT2D eigenvalue weighted by Crippen LogP contribution is -2.51. The van der Waals surface area contributed by atoms with Crippen molar-refractivity contribution in [2.45, 2.75) is 25.2 Å². The topological polar surface area (TPSA) is 69.7 Å². The predicted molar refractivity (Wildman–Crippen MR) is 114 cm³/mol. The van der Waals surface area contributed by atoms with E-state index in [9.17, 15) is 13.2 Å². The molecule has 1 amide bonds. The van der Waals surface area contributed by atoms with Crippen molar-refractivity contribution in [2.24, 2.45) is 0 Å². The molecule has 2 aromatic rings. The Morgan fingerprint density at radius 3 is 2.31 bits per heavy atom. The molecule has 6 nitrogen and oxygen atoms in total. The van der Waals surface area contributed by atoms with Gasteiger partial charge in [0.25, 0.3) is 0 Å². The van der Waals surface area contributed by atoms with Crippen molar-refractivity contribution in [3.8, 4) is 0 Å². The highest BCUT2D eigenvalue weighted by molar-refractivity contribution is 7.89. The normalized spacial score (nSPS) is 15.9. The summed E-state index contributed by atoms with van der Waals surface area (Å²) in [5.74, 6) is -0.0219. The van der Waals surface area contributed by atoms with Crippen LogP contribution in [0.5, 0.6) is 0 Å². The molecule has 0 unspecified atom stereocenters. The zero-order chi connectivity index (χ0) is 20.9. The fourth-order valence-electron chi connectivity index (χ4n) is 3.40. The lowest BCUT2D eigenvalue weighted by atomic mass is 10.1. The largest absolute Gasteiger partial charge is 0.355 e. The van der Waals surface area contributed by atoms with Crippen LogP contribution in [0.25, 0.3) is 0 Å². The van der Waals surface area contributed by atoms with Crippen molar-refractivity contribution in [1.29, 1.82) is 0 Å². The first kappa shape index (κ1) is 21.5. The van der Waals surface area contributed by atoms with Crippen molar-refractivity contribution >= 4 is 15.9 Å². The van der Waals surface area contributed by atoms with E-state index in [1.165, 1.54) is 9.87 Å². The minimum atomic E-state index is -3.49. The van der Waals surface area contributed by atoms with Crippen LogP contribution >= 0.6 is 0 Å². The first-order valence-corrected chi connectivity index (χ1v) is 11.4. The van der Waals surface area contributed by atoms with Gasteiger partial charge in [0, 0.05) is 32.7 Å². The second-order valence-electron chi connectivity index (χ2n) is 7.51. The third-order valence-corrected chi connectivity index (χ3v) is 7.29. The Morgan fingerprint density at radius 2 is 1.66 bits per heavy atom. The number of benzene rings is 2. The molecule has 0 aliphatic carbocycles. The van der Waals surface area contributed by atoms with Crippen LogP contribution in [0.4, 0.5) is 0 Å². The van der Waals surface area contributed by atoms with Gasteiger partial charge in [-0.15, -0.1) is 0 Å². The van der Waals surface area contributed by atoms with E-state index in [2.05, 4.69) is 5.32 Å². The molecule has 0 radical (unpaired) electrons. The number of piperazine rings is 1. The fraction of sp³-hybridized carbons (Fsp3) is 0.409. The molecule has 1 aliphatic heterocycles. The van der Waals surface area contributed by atoms with Crippen LogP contribution in [0.1, 0.15) is 16.7 Å². The maximum absolute atomic E-state index is 12.9. The SMILES string of the molecule is Cc1ccc(S(=O)(=O)N2CCN(CC(=O)NCCc3ccccc3)CC2)cc1C. The maximum atomic E-state index is 12.9. The molecule has 2 aromatic carbocycles.